The lowest BCUT2D eigenvalue weighted by Crippen LogP contribution is -2.49. The molecule has 0 saturated carbocycles. The maximum absolute atomic E-state index is 12.9. The first-order chi connectivity index (χ1) is 11.2. The topological polar surface area (TPSA) is 49.3 Å². The fraction of sp³-hybridized carbons (Fsp3) is 0.722. The predicted octanol–water partition coefficient (Wildman–Crippen LogP) is 2.37. The molecule has 2 aliphatic heterocycles. The van der Waals surface area contributed by atoms with E-state index in [-0.39, 0.29) is 6.04 Å². The quantitative estimate of drug-likeness (QED) is 0.840. The molecule has 5 nitrogen and oxygen atoms in total. The number of hydrogen-bond acceptors (Lipinski definition) is 4. The van der Waals surface area contributed by atoms with Crippen molar-refractivity contribution in [3.8, 4) is 0 Å². The third-order valence-electron chi connectivity index (χ3n) is 5.43. The van der Waals surface area contributed by atoms with Gasteiger partial charge in [0.15, 0.2) is 0 Å². The Hall–Kier alpha value is -1.49. The number of aromatic nitrogens is 2. The van der Waals surface area contributed by atoms with Gasteiger partial charge in [0.25, 0.3) is 0 Å². The van der Waals surface area contributed by atoms with Crippen molar-refractivity contribution in [1.82, 2.24) is 19.8 Å². The summed E-state index contributed by atoms with van der Waals surface area (Å²) in [5.41, 5.74) is 2.33. The highest BCUT2D eigenvalue weighted by atomic mass is 16.2. The highest BCUT2D eigenvalue weighted by molar-refractivity contribution is 5.82. The SMILES string of the molecule is Cc1cncnc1C1CCN(C(=O)[C@@H]2CCCCCN2C)CC1. The van der Waals surface area contributed by atoms with E-state index in [2.05, 4.69) is 33.7 Å². The Morgan fingerprint density at radius 2 is 1.91 bits per heavy atom. The van der Waals surface area contributed by atoms with Crippen molar-refractivity contribution in [2.24, 2.45) is 0 Å². The Morgan fingerprint density at radius 3 is 2.65 bits per heavy atom. The highest BCUT2D eigenvalue weighted by Crippen LogP contribution is 2.29. The minimum Gasteiger partial charge on any atom is -0.341 e. The fourth-order valence-corrected chi connectivity index (χ4v) is 3.98. The van der Waals surface area contributed by atoms with E-state index in [4.69, 9.17) is 0 Å². The highest BCUT2D eigenvalue weighted by Gasteiger charge is 2.32. The number of rotatable bonds is 2. The molecule has 23 heavy (non-hydrogen) atoms. The standard InChI is InChI=1S/C18H28N4O/c1-14-12-19-13-20-17(14)15-7-10-22(11-8-15)18(23)16-6-4-3-5-9-21(16)2/h12-13,15-16H,3-11H2,1-2H3/t16-/m0/s1. The molecule has 5 heteroatoms. The largest absolute Gasteiger partial charge is 0.341 e. The zero-order valence-corrected chi connectivity index (χ0v) is 14.4. The van der Waals surface area contributed by atoms with Crippen LogP contribution in [0.15, 0.2) is 12.5 Å². The van der Waals surface area contributed by atoms with E-state index >= 15 is 0 Å². The van der Waals surface area contributed by atoms with Gasteiger partial charge in [-0.1, -0.05) is 12.8 Å². The molecule has 0 aromatic carbocycles. The van der Waals surface area contributed by atoms with Crippen molar-refractivity contribution in [2.45, 2.75) is 57.4 Å². The Kier molecular flexibility index (Phi) is 5.26. The zero-order chi connectivity index (χ0) is 16.2. The van der Waals surface area contributed by atoms with E-state index in [0.717, 1.165) is 38.9 Å². The predicted molar refractivity (Wildman–Crippen MR) is 90.2 cm³/mol. The van der Waals surface area contributed by atoms with Crippen LogP contribution in [-0.2, 0) is 4.79 Å². The van der Waals surface area contributed by atoms with E-state index in [0.29, 0.717) is 11.8 Å². The molecule has 0 radical (unpaired) electrons. The summed E-state index contributed by atoms with van der Waals surface area (Å²) in [4.78, 5) is 25.8. The van der Waals surface area contributed by atoms with Gasteiger partial charge in [-0.15, -0.1) is 0 Å². The van der Waals surface area contributed by atoms with Crippen LogP contribution in [0.3, 0.4) is 0 Å². The smallest absolute Gasteiger partial charge is 0.239 e. The number of hydrogen-bond donors (Lipinski definition) is 0. The van der Waals surface area contributed by atoms with Crippen molar-refractivity contribution in [3.63, 3.8) is 0 Å². The van der Waals surface area contributed by atoms with Gasteiger partial charge in [0.1, 0.15) is 6.33 Å². The number of carbonyl (C=O) groups is 1. The van der Waals surface area contributed by atoms with Crippen LogP contribution in [0.2, 0.25) is 0 Å². The maximum Gasteiger partial charge on any atom is 0.239 e. The zero-order valence-electron chi connectivity index (χ0n) is 14.4. The van der Waals surface area contributed by atoms with E-state index in [1.165, 1.54) is 30.5 Å². The lowest BCUT2D eigenvalue weighted by molar-refractivity contribution is -0.137. The van der Waals surface area contributed by atoms with Crippen LogP contribution in [0, 0.1) is 6.92 Å². The van der Waals surface area contributed by atoms with Crippen LogP contribution in [0.4, 0.5) is 0 Å². The second-order valence-corrected chi connectivity index (χ2v) is 7.04. The first-order valence-corrected chi connectivity index (χ1v) is 8.92. The summed E-state index contributed by atoms with van der Waals surface area (Å²) in [5, 5.41) is 0. The van der Waals surface area contributed by atoms with Crippen LogP contribution in [-0.4, -0.2) is 58.4 Å². The summed E-state index contributed by atoms with van der Waals surface area (Å²) in [7, 11) is 2.10. The van der Waals surface area contributed by atoms with Crippen LogP contribution >= 0.6 is 0 Å². The fourth-order valence-electron chi connectivity index (χ4n) is 3.98. The lowest BCUT2D eigenvalue weighted by atomic mass is 9.91. The average Bonchev–Trinajstić information content (AvgIpc) is 2.79. The molecule has 0 bridgehead atoms. The van der Waals surface area contributed by atoms with E-state index in [9.17, 15) is 4.79 Å². The van der Waals surface area contributed by atoms with E-state index < -0.39 is 0 Å². The lowest BCUT2D eigenvalue weighted by Gasteiger charge is -2.36. The summed E-state index contributed by atoms with van der Waals surface area (Å²) < 4.78 is 0. The number of likely N-dealkylation sites (N-methyl/N-ethyl adjacent to an activating group) is 1. The normalized spacial score (nSPS) is 24.4. The minimum atomic E-state index is 0.0924. The van der Waals surface area contributed by atoms with Crippen molar-refractivity contribution in [1.29, 1.82) is 0 Å². The summed E-state index contributed by atoms with van der Waals surface area (Å²) in [6, 6.07) is 0.0924. The number of aryl methyl sites for hydroxylation is 1. The van der Waals surface area contributed by atoms with E-state index in [1.54, 1.807) is 6.33 Å². The molecule has 0 spiro atoms. The number of carbonyl (C=O) groups excluding carboxylic acids is 1. The van der Waals surface area contributed by atoms with Crippen molar-refractivity contribution < 1.29 is 4.79 Å². The Balaban J connectivity index is 1.60. The van der Waals surface area contributed by atoms with Gasteiger partial charge < -0.3 is 4.90 Å². The number of amides is 1. The number of likely N-dealkylation sites (tertiary alicyclic amines) is 2. The van der Waals surface area contributed by atoms with Crippen molar-refractivity contribution in [3.05, 3.63) is 23.8 Å². The molecule has 2 fully saturated rings. The van der Waals surface area contributed by atoms with Gasteiger partial charge in [-0.3, -0.25) is 9.69 Å². The maximum atomic E-state index is 12.9. The van der Waals surface area contributed by atoms with Crippen LogP contribution < -0.4 is 0 Å². The minimum absolute atomic E-state index is 0.0924. The number of nitrogens with zero attached hydrogens (tertiary/aromatic N) is 4. The van der Waals surface area contributed by atoms with Gasteiger partial charge in [0.05, 0.1) is 6.04 Å². The number of piperidine rings is 1. The molecule has 1 aromatic rings. The molecule has 0 unspecified atom stereocenters. The Bertz CT molecular complexity index is 540. The van der Waals surface area contributed by atoms with Gasteiger partial charge in [0.2, 0.25) is 5.91 Å². The molecule has 2 saturated heterocycles. The first-order valence-electron chi connectivity index (χ1n) is 8.92. The molecular formula is C18H28N4O. The van der Waals surface area contributed by atoms with E-state index in [1.807, 2.05) is 6.20 Å². The molecule has 0 aliphatic carbocycles. The van der Waals surface area contributed by atoms with Crippen LogP contribution in [0.25, 0.3) is 0 Å². The van der Waals surface area contributed by atoms with Gasteiger partial charge >= 0.3 is 0 Å². The second-order valence-electron chi connectivity index (χ2n) is 7.04. The Labute approximate surface area is 139 Å². The van der Waals surface area contributed by atoms with Crippen LogP contribution in [0.1, 0.15) is 55.7 Å². The molecule has 1 atom stereocenters. The van der Waals surface area contributed by atoms with Crippen molar-refractivity contribution >= 4 is 5.91 Å². The van der Waals surface area contributed by atoms with Gasteiger partial charge in [-0.05, 0) is 51.8 Å². The third-order valence-corrected chi connectivity index (χ3v) is 5.43. The molecule has 1 aromatic heterocycles. The Morgan fingerprint density at radius 1 is 1.13 bits per heavy atom. The summed E-state index contributed by atoms with van der Waals surface area (Å²) >= 11 is 0. The molecular weight excluding hydrogens is 288 g/mol. The molecule has 0 N–H and O–H groups in total. The van der Waals surface area contributed by atoms with Gasteiger partial charge in [-0.25, -0.2) is 9.97 Å². The summed E-state index contributed by atoms with van der Waals surface area (Å²) in [6.07, 6.45) is 10.2. The monoisotopic (exact) mass is 316 g/mol. The molecule has 1 amide bonds. The molecule has 3 heterocycles. The molecule has 3 rings (SSSR count). The van der Waals surface area contributed by atoms with Crippen LogP contribution in [0.5, 0.6) is 0 Å². The second kappa shape index (κ2) is 7.39. The molecule has 2 aliphatic rings. The van der Waals surface area contributed by atoms with Crippen molar-refractivity contribution in [2.75, 3.05) is 26.7 Å². The summed E-state index contributed by atoms with van der Waals surface area (Å²) in [5.74, 6) is 0.807. The first kappa shape index (κ1) is 16.4. The third kappa shape index (κ3) is 3.71. The average molecular weight is 316 g/mol. The van der Waals surface area contributed by atoms with Gasteiger partial charge in [-0.2, -0.15) is 0 Å². The van der Waals surface area contributed by atoms with Gasteiger partial charge in [0, 0.05) is 30.9 Å². The summed E-state index contributed by atoms with van der Waals surface area (Å²) in [6.45, 7) is 4.84. The molecule has 126 valence electrons.